The zero-order valence-corrected chi connectivity index (χ0v) is 15.3. The maximum atomic E-state index is 12.3. The van der Waals surface area contributed by atoms with E-state index in [1.807, 2.05) is 18.2 Å². The lowest BCUT2D eigenvalue weighted by molar-refractivity contribution is 0.0930. The number of aromatic nitrogens is 2. The van der Waals surface area contributed by atoms with Crippen molar-refractivity contribution in [3.05, 3.63) is 60.4 Å². The van der Waals surface area contributed by atoms with Crippen LogP contribution in [0.3, 0.4) is 0 Å². The van der Waals surface area contributed by atoms with E-state index in [9.17, 15) is 4.79 Å². The van der Waals surface area contributed by atoms with E-state index in [1.165, 1.54) is 0 Å². The molecule has 4 rings (SSSR count). The molecular weight excluding hydrogens is 340 g/mol. The van der Waals surface area contributed by atoms with Gasteiger partial charge < -0.3 is 15.0 Å². The lowest BCUT2D eigenvalue weighted by Gasteiger charge is -2.33. The molecule has 1 aliphatic heterocycles. The lowest BCUT2D eigenvalue weighted by atomic mass is 10.0. The first kappa shape index (κ1) is 17.3. The Kier molecular flexibility index (Phi) is 4.87. The fraction of sp³-hybridized carbons (Fsp3) is 0.286. The van der Waals surface area contributed by atoms with E-state index in [2.05, 4.69) is 27.3 Å². The van der Waals surface area contributed by atoms with Gasteiger partial charge in [0, 0.05) is 36.9 Å². The van der Waals surface area contributed by atoms with Crippen molar-refractivity contribution in [3.63, 3.8) is 0 Å². The lowest BCUT2D eigenvalue weighted by Crippen LogP contribution is -2.45. The van der Waals surface area contributed by atoms with Gasteiger partial charge in [-0.15, -0.1) is 0 Å². The standard InChI is InChI=1S/C21H22N4O2/c1-27-18-5-6-19-15(13-18)4-7-20(24-19)25-11-8-17(9-12-25)23-21(26)16-3-2-10-22-14-16/h2-7,10,13-14,17H,8-9,11-12H2,1H3,(H,23,26). The number of nitrogens with zero attached hydrogens (tertiary/aromatic N) is 3. The third-order valence-corrected chi connectivity index (χ3v) is 4.96. The molecule has 0 atom stereocenters. The molecule has 1 amide bonds. The van der Waals surface area contributed by atoms with Gasteiger partial charge in [0.05, 0.1) is 18.2 Å². The molecule has 3 aromatic rings. The Labute approximate surface area is 158 Å². The van der Waals surface area contributed by atoms with E-state index in [4.69, 9.17) is 9.72 Å². The van der Waals surface area contributed by atoms with Gasteiger partial charge >= 0.3 is 0 Å². The van der Waals surface area contributed by atoms with Gasteiger partial charge in [-0.3, -0.25) is 9.78 Å². The molecule has 138 valence electrons. The molecule has 0 unspecified atom stereocenters. The molecule has 1 fully saturated rings. The number of carbonyl (C=O) groups is 1. The molecule has 1 aliphatic rings. The van der Waals surface area contributed by atoms with Crippen LogP contribution in [0.5, 0.6) is 5.75 Å². The molecule has 1 saturated heterocycles. The van der Waals surface area contributed by atoms with Gasteiger partial charge in [0.2, 0.25) is 0 Å². The largest absolute Gasteiger partial charge is 0.497 e. The summed E-state index contributed by atoms with van der Waals surface area (Å²) >= 11 is 0. The second-order valence-electron chi connectivity index (χ2n) is 6.70. The fourth-order valence-corrected chi connectivity index (χ4v) is 3.41. The molecular formula is C21H22N4O2. The molecule has 0 bridgehead atoms. The highest BCUT2D eigenvalue weighted by Crippen LogP contribution is 2.24. The van der Waals surface area contributed by atoms with Crippen molar-refractivity contribution >= 4 is 22.6 Å². The van der Waals surface area contributed by atoms with Gasteiger partial charge in [-0.25, -0.2) is 4.98 Å². The number of nitrogens with one attached hydrogen (secondary N) is 1. The maximum absolute atomic E-state index is 12.3. The SMILES string of the molecule is COc1ccc2nc(N3CCC(NC(=O)c4cccnc4)CC3)ccc2c1. The number of hydrogen-bond acceptors (Lipinski definition) is 5. The summed E-state index contributed by atoms with van der Waals surface area (Å²) in [7, 11) is 1.67. The Bertz CT molecular complexity index is 937. The van der Waals surface area contributed by atoms with Gasteiger partial charge in [-0.1, -0.05) is 0 Å². The van der Waals surface area contributed by atoms with E-state index in [1.54, 1.807) is 31.6 Å². The van der Waals surface area contributed by atoms with Crippen molar-refractivity contribution < 1.29 is 9.53 Å². The summed E-state index contributed by atoms with van der Waals surface area (Å²) in [5.41, 5.74) is 1.56. The Balaban J connectivity index is 1.39. The molecule has 1 aromatic carbocycles. The van der Waals surface area contributed by atoms with Crippen LogP contribution >= 0.6 is 0 Å². The van der Waals surface area contributed by atoms with Crippen LogP contribution < -0.4 is 15.0 Å². The summed E-state index contributed by atoms with van der Waals surface area (Å²) in [6.45, 7) is 1.74. The van der Waals surface area contributed by atoms with Crippen molar-refractivity contribution in [2.24, 2.45) is 0 Å². The average molecular weight is 362 g/mol. The Hall–Kier alpha value is -3.15. The highest BCUT2D eigenvalue weighted by atomic mass is 16.5. The highest BCUT2D eigenvalue weighted by molar-refractivity contribution is 5.94. The second-order valence-corrected chi connectivity index (χ2v) is 6.70. The number of amides is 1. The van der Waals surface area contributed by atoms with Crippen LogP contribution in [0.2, 0.25) is 0 Å². The number of methoxy groups -OCH3 is 1. The van der Waals surface area contributed by atoms with Gasteiger partial charge in [0.25, 0.3) is 5.91 Å². The van der Waals surface area contributed by atoms with Crippen molar-refractivity contribution in [1.82, 2.24) is 15.3 Å². The predicted octanol–water partition coefficient (Wildman–Crippen LogP) is 3.04. The number of rotatable bonds is 4. The number of benzene rings is 1. The Morgan fingerprint density at radius 2 is 2.04 bits per heavy atom. The van der Waals surface area contributed by atoms with Crippen LogP contribution in [0, 0.1) is 0 Å². The van der Waals surface area contributed by atoms with E-state index in [0.717, 1.165) is 48.4 Å². The fourth-order valence-electron chi connectivity index (χ4n) is 3.41. The number of carbonyl (C=O) groups excluding carboxylic acids is 1. The molecule has 0 spiro atoms. The molecule has 0 radical (unpaired) electrons. The summed E-state index contributed by atoms with van der Waals surface area (Å²) in [5, 5.41) is 4.18. The number of ether oxygens (including phenoxy) is 1. The third-order valence-electron chi connectivity index (χ3n) is 4.96. The number of piperidine rings is 1. The minimum absolute atomic E-state index is 0.0562. The summed E-state index contributed by atoms with van der Waals surface area (Å²) in [5.74, 6) is 1.76. The number of anilines is 1. The smallest absolute Gasteiger partial charge is 0.253 e. The van der Waals surface area contributed by atoms with Crippen LogP contribution in [-0.2, 0) is 0 Å². The van der Waals surface area contributed by atoms with E-state index in [-0.39, 0.29) is 11.9 Å². The van der Waals surface area contributed by atoms with E-state index < -0.39 is 0 Å². The monoisotopic (exact) mass is 362 g/mol. The summed E-state index contributed by atoms with van der Waals surface area (Å²) in [6.07, 6.45) is 5.06. The topological polar surface area (TPSA) is 67.3 Å². The normalized spacial score (nSPS) is 14.9. The number of hydrogen-bond donors (Lipinski definition) is 1. The molecule has 0 aliphatic carbocycles. The first-order valence-electron chi connectivity index (χ1n) is 9.13. The van der Waals surface area contributed by atoms with E-state index >= 15 is 0 Å². The first-order valence-corrected chi connectivity index (χ1v) is 9.13. The third kappa shape index (κ3) is 3.84. The van der Waals surface area contributed by atoms with Crippen LogP contribution in [-0.4, -0.2) is 42.1 Å². The van der Waals surface area contributed by atoms with Crippen molar-refractivity contribution in [1.29, 1.82) is 0 Å². The average Bonchev–Trinajstić information content (AvgIpc) is 2.74. The highest BCUT2D eigenvalue weighted by Gasteiger charge is 2.22. The molecule has 6 nitrogen and oxygen atoms in total. The zero-order chi connectivity index (χ0) is 18.6. The quantitative estimate of drug-likeness (QED) is 0.773. The molecule has 2 aromatic heterocycles. The minimum atomic E-state index is -0.0562. The van der Waals surface area contributed by atoms with Crippen LogP contribution in [0.4, 0.5) is 5.82 Å². The number of fused-ring (bicyclic) bond motifs is 1. The number of pyridine rings is 2. The summed E-state index contributed by atoms with van der Waals surface area (Å²) in [4.78, 5) is 23.3. The van der Waals surface area contributed by atoms with E-state index in [0.29, 0.717) is 5.56 Å². The van der Waals surface area contributed by atoms with Gasteiger partial charge in [-0.2, -0.15) is 0 Å². The molecule has 27 heavy (non-hydrogen) atoms. The Morgan fingerprint density at radius 1 is 1.19 bits per heavy atom. The zero-order valence-electron chi connectivity index (χ0n) is 15.3. The molecule has 0 saturated carbocycles. The van der Waals surface area contributed by atoms with Crippen molar-refractivity contribution in [2.45, 2.75) is 18.9 Å². The van der Waals surface area contributed by atoms with Crippen molar-refractivity contribution in [3.8, 4) is 5.75 Å². The minimum Gasteiger partial charge on any atom is -0.497 e. The van der Waals surface area contributed by atoms with Gasteiger partial charge in [0.1, 0.15) is 11.6 Å². The second kappa shape index (κ2) is 7.61. The molecule has 1 N–H and O–H groups in total. The van der Waals surface area contributed by atoms with Crippen LogP contribution in [0.1, 0.15) is 23.2 Å². The van der Waals surface area contributed by atoms with Crippen LogP contribution in [0.25, 0.3) is 10.9 Å². The predicted molar refractivity (Wildman–Crippen MR) is 105 cm³/mol. The maximum Gasteiger partial charge on any atom is 0.253 e. The van der Waals surface area contributed by atoms with Gasteiger partial charge in [0.15, 0.2) is 0 Å². The van der Waals surface area contributed by atoms with Crippen molar-refractivity contribution in [2.75, 3.05) is 25.1 Å². The molecule has 3 heterocycles. The summed E-state index contributed by atoms with van der Waals surface area (Å²) in [6, 6.07) is 13.8. The molecule has 6 heteroatoms. The van der Waals surface area contributed by atoms with Crippen LogP contribution in [0.15, 0.2) is 54.9 Å². The summed E-state index contributed by atoms with van der Waals surface area (Å²) < 4.78 is 5.27. The van der Waals surface area contributed by atoms with Gasteiger partial charge in [-0.05, 0) is 55.3 Å². The Morgan fingerprint density at radius 3 is 2.78 bits per heavy atom. The first-order chi connectivity index (χ1) is 13.2.